The van der Waals surface area contributed by atoms with Crippen LogP contribution in [0.1, 0.15) is 37.6 Å². The maximum Gasteiger partial charge on any atom is 0.410 e. The molecule has 1 aliphatic heterocycles. The molecule has 0 bridgehead atoms. The van der Waals surface area contributed by atoms with Crippen molar-refractivity contribution in [2.24, 2.45) is 0 Å². The molecule has 1 fully saturated rings. The number of halogens is 1. The van der Waals surface area contributed by atoms with Gasteiger partial charge in [0.15, 0.2) is 17.4 Å². The topological polar surface area (TPSA) is 135 Å². The lowest BCUT2D eigenvalue weighted by atomic mass is 10.1. The number of para-hydroxylation sites is 1. The Morgan fingerprint density at radius 2 is 1.77 bits per heavy atom. The third kappa shape index (κ3) is 6.71. The second kappa shape index (κ2) is 12.1. The molecule has 1 aliphatic rings. The summed E-state index contributed by atoms with van der Waals surface area (Å²) in [7, 11) is 3.01. The van der Waals surface area contributed by atoms with Gasteiger partial charge in [0.2, 0.25) is 5.95 Å². The summed E-state index contributed by atoms with van der Waals surface area (Å²) in [5.74, 6) is 0.392. The molecule has 2 N–H and O–H groups in total. The number of aromatic nitrogens is 4. The Hall–Kier alpha value is -4.55. The average Bonchev–Trinajstić information content (AvgIpc) is 3.19. The van der Waals surface area contributed by atoms with Gasteiger partial charge in [-0.05, 0) is 39.3 Å². The van der Waals surface area contributed by atoms with Gasteiger partial charge in [0.05, 0.1) is 30.8 Å². The number of hydrogen-bond donors (Lipinski definition) is 2. The number of methoxy groups -OCH3 is 1. The number of rotatable bonds is 6. The van der Waals surface area contributed by atoms with Crippen LogP contribution in [-0.2, 0) is 4.74 Å². The summed E-state index contributed by atoms with van der Waals surface area (Å²) in [6, 6.07) is 5.26. The van der Waals surface area contributed by atoms with E-state index in [0.717, 1.165) is 12.4 Å². The Bertz CT molecular complexity index is 1360. The van der Waals surface area contributed by atoms with Crippen LogP contribution in [0.3, 0.4) is 0 Å². The van der Waals surface area contributed by atoms with Gasteiger partial charge in [0, 0.05) is 39.4 Å². The molecule has 0 aliphatic carbocycles. The van der Waals surface area contributed by atoms with Crippen LogP contribution in [0.4, 0.5) is 26.6 Å². The average molecular weight is 553 g/mol. The maximum absolute atomic E-state index is 13.4. The van der Waals surface area contributed by atoms with Crippen molar-refractivity contribution in [3.8, 4) is 17.1 Å². The summed E-state index contributed by atoms with van der Waals surface area (Å²) in [4.78, 5) is 46.2. The highest BCUT2D eigenvalue weighted by atomic mass is 19.1. The zero-order chi connectivity index (χ0) is 28.9. The fraction of sp³-hybridized carbons (Fsp3) is 0.407. The fourth-order valence-electron chi connectivity index (χ4n) is 4.16. The SMILES string of the molecule is CNC(=O)c1cnc(N2CCCN(C(=O)OC(C)(C)C)CC2)nc1Nc1cccc(-c2ncc(F)cn2)c1OC. The van der Waals surface area contributed by atoms with Gasteiger partial charge in [-0.15, -0.1) is 0 Å². The Morgan fingerprint density at radius 3 is 2.45 bits per heavy atom. The Balaban J connectivity index is 1.63. The second-order valence-electron chi connectivity index (χ2n) is 10.1. The van der Waals surface area contributed by atoms with E-state index in [1.165, 1.54) is 20.4 Å². The molecular formula is C27H33FN8O4. The van der Waals surface area contributed by atoms with Crippen molar-refractivity contribution in [2.45, 2.75) is 32.8 Å². The molecule has 0 saturated carbocycles. The lowest BCUT2D eigenvalue weighted by Crippen LogP contribution is -2.39. The first-order valence-electron chi connectivity index (χ1n) is 12.8. The summed E-state index contributed by atoms with van der Waals surface area (Å²) in [6.45, 7) is 7.58. The highest BCUT2D eigenvalue weighted by Gasteiger charge is 2.26. The van der Waals surface area contributed by atoms with Crippen molar-refractivity contribution in [3.63, 3.8) is 0 Å². The quantitative estimate of drug-likeness (QED) is 0.467. The monoisotopic (exact) mass is 552 g/mol. The molecule has 2 aromatic heterocycles. The highest BCUT2D eigenvalue weighted by Crippen LogP contribution is 2.36. The van der Waals surface area contributed by atoms with Gasteiger partial charge in [-0.2, -0.15) is 4.98 Å². The van der Waals surface area contributed by atoms with E-state index >= 15 is 0 Å². The lowest BCUT2D eigenvalue weighted by Gasteiger charge is -2.26. The standard InChI is InChI=1S/C27H33FN8O4/c1-27(2,3)40-26(38)36-11-7-10-35(12-13-36)25-32-16-19(24(37)29-4)23(34-25)33-20-9-6-8-18(21(20)39-5)22-30-14-17(28)15-31-22/h6,8-9,14-16H,7,10-13H2,1-5H3,(H,29,37)(H,32,33,34). The van der Waals surface area contributed by atoms with Gasteiger partial charge in [-0.1, -0.05) is 6.07 Å². The number of carbonyl (C=O) groups is 2. The Labute approximate surface area is 231 Å². The zero-order valence-electron chi connectivity index (χ0n) is 23.2. The van der Waals surface area contributed by atoms with E-state index in [4.69, 9.17) is 14.5 Å². The van der Waals surface area contributed by atoms with Crippen LogP contribution in [0.25, 0.3) is 11.4 Å². The number of amides is 2. The number of hydrogen-bond acceptors (Lipinski definition) is 10. The van der Waals surface area contributed by atoms with Crippen molar-refractivity contribution in [1.82, 2.24) is 30.2 Å². The largest absolute Gasteiger partial charge is 0.494 e. The minimum atomic E-state index is -0.580. The van der Waals surface area contributed by atoms with E-state index in [-0.39, 0.29) is 29.2 Å². The van der Waals surface area contributed by atoms with Gasteiger partial charge < -0.3 is 29.9 Å². The molecule has 1 aromatic carbocycles. The number of anilines is 3. The normalized spacial score (nSPS) is 13.8. The third-order valence-electron chi connectivity index (χ3n) is 6.01. The molecule has 1 saturated heterocycles. The van der Waals surface area contributed by atoms with Crippen molar-refractivity contribution in [1.29, 1.82) is 0 Å². The molecule has 4 rings (SSSR count). The first kappa shape index (κ1) is 28.5. The molecule has 0 unspecified atom stereocenters. The minimum absolute atomic E-state index is 0.224. The smallest absolute Gasteiger partial charge is 0.410 e. The number of nitrogens with zero attached hydrogens (tertiary/aromatic N) is 6. The lowest BCUT2D eigenvalue weighted by molar-refractivity contribution is 0.0263. The van der Waals surface area contributed by atoms with Crippen LogP contribution in [0.15, 0.2) is 36.8 Å². The molecule has 0 atom stereocenters. The van der Waals surface area contributed by atoms with Gasteiger partial charge in [0.1, 0.15) is 17.0 Å². The summed E-state index contributed by atoms with van der Waals surface area (Å²) in [6.07, 6.45) is 3.95. The molecule has 3 heterocycles. The molecular weight excluding hydrogens is 519 g/mol. The van der Waals surface area contributed by atoms with Crippen molar-refractivity contribution < 1.29 is 23.5 Å². The van der Waals surface area contributed by atoms with E-state index in [2.05, 4.69) is 25.6 Å². The van der Waals surface area contributed by atoms with E-state index in [1.54, 1.807) is 23.1 Å². The summed E-state index contributed by atoms with van der Waals surface area (Å²) in [5, 5.41) is 5.81. The van der Waals surface area contributed by atoms with Crippen LogP contribution in [-0.4, -0.2) is 82.8 Å². The fourth-order valence-corrected chi connectivity index (χ4v) is 4.16. The van der Waals surface area contributed by atoms with E-state index in [9.17, 15) is 14.0 Å². The molecule has 40 heavy (non-hydrogen) atoms. The van der Waals surface area contributed by atoms with Crippen LogP contribution < -0.4 is 20.3 Å². The number of benzene rings is 1. The molecule has 12 nitrogen and oxygen atoms in total. The first-order valence-corrected chi connectivity index (χ1v) is 12.8. The van der Waals surface area contributed by atoms with Crippen molar-refractivity contribution in [3.05, 3.63) is 48.2 Å². The predicted octanol–water partition coefficient (Wildman–Crippen LogP) is 3.63. The predicted molar refractivity (Wildman–Crippen MR) is 147 cm³/mol. The van der Waals surface area contributed by atoms with Gasteiger partial charge >= 0.3 is 6.09 Å². The number of nitrogens with one attached hydrogen (secondary N) is 2. The second-order valence-corrected chi connectivity index (χ2v) is 10.1. The first-order chi connectivity index (χ1) is 19.1. The summed E-state index contributed by atoms with van der Waals surface area (Å²) < 4.78 is 24.6. The molecule has 13 heteroatoms. The van der Waals surface area contributed by atoms with Crippen LogP contribution in [0, 0.1) is 5.82 Å². The summed E-state index contributed by atoms with van der Waals surface area (Å²) >= 11 is 0. The Morgan fingerprint density at radius 1 is 1.02 bits per heavy atom. The third-order valence-corrected chi connectivity index (χ3v) is 6.01. The highest BCUT2D eigenvalue weighted by molar-refractivity contribution is 5.99. The number of carbonyl (C=O) groups excluding carboxylic acids is 2. The maximum atomic E-state index is 13.4. The molecule has 3 aromatic rings. The van der Waals surface area contributed by atoms with Gasteiger partial charge in [0.25, 0.3) is 5.91 Å². The van der Waals surface area contributed by atoms with Gasteiger partial charge in [-0.25, -0.2) is 24.1 Å². The van der Waals surface area contributed by atoms with E-state index < -0.39 is 11.4 Å². The molecule has 0 radical (unpaired) electrons. The molecule has 212 valence electrons. The van der Waals surface area contributed by atoms with Crippen LogP contribution >= 0.6 is 0 Å². The molecule has 2 amide bonds. The summed E-state index contributed by atoms with van der Waals surface area (Å²) in [5.41, 5.74) is 0.665. The minimum Gasteiger partial charge on any atom is -0.494 e. The van der Waals surface area contributed by atoms with Crippen LogP contribution in [0.5, 0.6) is 5.75 Å². The van der Waals surface area contributed by atoms with Crippen molar-refractivity contribution in [2.75, 3.05) is 50.6 Å². The number of ether oxygens (including phenoxy) is 2. The Kier molecular flexibility index (Phi) is 8.61. The van der Waals surface area contributed by atoms with Crippen LogP contribution in [0.2, 0.25) is 0 Å². The molecule has 0 spiro atoms. The van der Waals surface area contributed by atoms with E-state index in [1.807, 2.05) is 25.7 Å². The van der Waals surface area contributed by atoms with E-state index in [0.29, 0.717) is 55.5 Å². The van der Waals surface area contributed by atoms with Gasteiger partial charge in [-0.3, -0.25) is 4.79 Å². The zero-order valence-corrected chi connectivity index (χ0v) is 23.2. The van der Waals surface area contributed by atoms with Crippen molar-refractivity contribution >= 4 is 29.5 Å².